The number of H-pyrrole nitrogens is 1. The zero-order valence-electron chi connectivity index (χ0n) is 8.14. The lowest BCUT2D eigenvalue weighted by atomic mass is 10.0. The molecule has 15 heavy (non-hydrogen) atoms. The van der Waals surface area contributed by atoms with Gasteiger partial charge in [-0.15, -0.1) is 0 Å². The van der Waals surface area contributed by atoms with Gasteiger partial charge in [0.25, 0.3) is 0 Å². The molecule has 1 aromatic heterocycles. The van der Waals surface area contributed by atoms with Crippen molar-refractivity contribution in [3.8, 4) is 11.1 Å². The van der Waals surface area contributed by atoms with Gasteiger partial charge in [-0.3, -0.25) is 5.10 Å². The van der Waals surface area contributed by atoms with Crippen LogP contribution in [0.5, 0.6) is 0 Å². The van der Waals surface area contributed by atoms with E-state index in [4.69, 9.17) is 0 Å². The summed E-state index contributed by atoms with van der Waals surface area (Å²) in [6.07, 6.45) is 3.77. The first-order valence-electron chi connectivity index (χ1n) is 4.92. The predicted molar refractivity (Wildman–Crippen MR) is 61.5 cm³/mol. The van der Waals surface area contributed by atoms with E-state index >= 15 is 0 Å². The molecule has 0 spiro atoms. The summed E-state index contributed by atoms with van der Waals surface area (Å²) < 4.78 is 0. The minimum absolute atomic E-state index is 1.13. The van der Waals surface area contributed by atoms with Gasteiger partial charge in [0.05, 0.1) is 6.20 Å². The molecule has 0 aliphatic carbocycles. The van der Waals surface area contributed by atoms with Crippen LogP contribution >= 0.6 is 0 Å². The molecule has 0 saturated carbocycles. The molecule has 0 amide bonds. The van der Waals surface area contributed by atoms with E-state index in [1.807, 2.05) is 12.4 Å². The fourth-order valence-corrected chi connectivity index (χ4v) is 1.88. The topological polar surface area (TPSA) is 28.7 Å². The Kier molecular flexibility index (Phi) is 1.78. The molecule has 0 aliphatic rings. The van der Waals surface area contributed by atoms with Crippen molar-refractivity contribution < 1.29 is 0 Å². The highest BCUT2D eigenvalue weighted by Crippen LogP contribution is 2.27. The first-order chi connectivity index (χ1) is 7.45. The summed E-state index contributed by atoms with van der Waals surface area (Å²) in [5, 5.41) is 9.35. The van der Waals surface area contributed by atoms with Crippen LogP contribution in [-0.4, -0.2) is 10.2 Å². The molecule has 0 bridgehead atoms. The summed E-state index contributed by atoms with van der Waals surface area (Å²) in [6.45, 7) is 0. The van der Waals surface area contributed by atoms with Crippen molar-refractivity contribution in [1.82, 2.24) is 10.2 Å². The van der Waals surface area contributed by atoms with Crippen LogP contribution in [0.3, 0.4) is 0 Å². The standard InChI is InChI=1S/C13H10N2/c1-2-6-12-10(4-1)5-3-7-13(12)11-8-14-15-9-11/h1-9H,(H,14,15). The molecule has 72 valence electrons. The van der Waals surface area contributed by atoms with E-state index in [0.29, 0.717) is 0 Å². The van der Waals surface area contributed by atoms with E-state index in [0.717, 1.165) is 5.56 Å². The minimum Gasteiger partial charge on any atom is -0.285 e. The van der Waals surface area contributed by atoms with E-state index in [1.165, 1.54) is 16.3 Å². The van der Waals surface area contributed by atoms with Gasteiger partial charge in [-0.25, -0.2) is 0 Å². The molecule has 1 N–H and O–H groups in total. The summed E-state index contributed by atoms with van der Waals surface area (Å²) in [5.74, 6) is 0. The van der Waals surface area contributed by atoms with Crippen LogP contribution in [0, 0.1) is 0 Å². The Bertz CT molecular complexity index is 577. The van der Waals surface area contributed by atoms with Gasteiger partial charge in [-0.2, -0.15) is 5.10 Å². The number of hydrogen-bond donors (Lipinski definition) is 1. The van der Waals surface area contributed by atoms with Gasteiger partial charge in [-0.05, 0) is 16.3 Å². The first-order valence-corrected chi connectivity index (χ1v) is 4.92. The lowest BCUT2D eigenvalue weighted by Gasteiger charge is -2.03. The number of fused-ring (bicyclic) bond motifs is 1. The van der Waals surface area contributed by atoms with Gasteiger partial charge in [0.1, 0.15) is 0 Å². The summed E-state index contributed by atoms with van der Waals surface area (Å²) in [7, 11) is 0. The van der Waals surface area contributed by atoms with Crippen LogP contribution in [0.4, 0.5) is 0 Å². The average Bonchev–Trinajstić information content (AvgIpc) is 2.82. The molecule has 0 aliphatic heterocycles. The van der Waals surface area contributed by atoms with E-state index in [-0.39, 0.29) is 0 Å². The molecule has 0 radical (unpaired) electrons. The molecule has 2 heteroatoms. The molecule has 0 saturated heterocycles. The SMILES string of the molecule is c1ccc2c(-c3cn[nH]c3)cccc2c1. The number of aromatic nitrogens is 2. The summed E-state index contributed by atoms with van der Waals surface area (Å²) in [6, 6.07) is 14.7. The molecule has 1 heterocycles. The van der Waals surface area contributed by atoms with Crippen LogP contribution in [0.25, 0.3) is 21.9 Å². The Balaban J connectivity index is 2.36. The summed E-state index contributed by atoms with van der Waals surface area (Å²) in [5.41, 5.74) is 2.36. The van der Waals surface area contributed by atoms with Crippen molar-refractivity contribution in [2.45, 2.75) is 0 Å². The van der Waals surface area contributed by atoms with Gasteiger partial charge in [0, 0.05) is 11.8 Å². The van der Waals surface area contributed by atoms with Crippen molar-refractivity contribution in [2.24, 2.45) is 0 Å². The second kappa shape index (κ2) is 3.24. The molecular formula is C13H10N2. The Labute approximate surface area is 87.6 Å². The summed E-state index contributed by atoms with van der Waals surface area (Å²) in [4.78, 5) is 0. The van der Waals surface area contributed by atoms with E-state index in [1.54, 1.807) is 0 Å². The van der Waals surface area contributed by atoms with E-state index in [9.17, 15) is 0 Å². The Morgan fingerprint density at radius 1 is 0.933 bits per heavy atom. The molecule has 3 aromatic rings. The Morgan fingerprint density at radius 3 is 2.67 bits per heavy atom. The van der Waals surface area contributed by atoms with E-state index in [2.05, 4.69) is 52.7 Å². The number of nitrogens with zero attached hydrogens (tertiary/aromatic N) is 1. The Morgan fingerprint density at radius 2 is 1.80 bits per heavy atom. The monoisotopic (exact) mass is 194 g/mol. The fraction of sp³-hybridized carbons (Fsp3) is 0. The van der Waals surface area contributed by atoms with Crippen molar-refractivity contribution in [2.75, 3.05) is 0 Å². The third-order valence-corrected chi connectivity index (χ3v) is 2.60. The number of benzene rings is 2. The fourth-order valence-electron chi connectivity index (χ4n) is 1.88. The van der Waals surface area contributed by atoms with Gasteiger partial charge >= 0.3 is 0 Å². The number of hydrogen-bond acceptors (Lipinski definition) is 1. The van der Waals surface area contributed by atoms with Crippen LogP contribution < -0.4 is 0 Å². The maximum absolute atomic E-state index is 3.98. The van der Waals surface area contributed by atoms with Crippen LogP contribution in [0.15, 0.2) is 54.9 Å². The third-order valence-electron chi connectivity index (χ3n) is 2.60. The third kappa shape index (κ3) is 1.31. The number of nitrogens with one attached hydrogen (secondary N) is 1. The molecule has 3 rings (SSSR count). The second-order valence-electron chi connectivity index (χ2n) is 3.51. The second-order valence-corrected chi connectivity index (χ2v) is 3.51. The van der Waals surface area contributed by atoms with Crippen molar-refractivity contribution in [3.05, 3.63) is 54.9 Å². The largest absolute Gasteiger partial charge is 0.285 e. The van der Waals surface area contributed by atoms with Crippen LogP contribution in [-0.2, 0) is 0 Å². The van der Waals surface area contributed by atoms with Gasteiger partial charge in [0.15, 0.2) is 0 Å². The zero-order chi connectivity index (χ0) is 10.1. The predicted octanol–water partition coefficient (Wildman–Crippen LogP) is 3.23. The first kappa shape index (κ1) is 8.24. The normalized spacial score (nSPS) is 10.7. The van der Waals surface area contributed by atoms with Crippen LogP contribution in [0.1, 0.15) is 0 Å². The molecule has 0 fully saturated rings. The molecular weight excluding hydrogens is 184 g/mol. The highest BCUT2D eigenvalue weighted by Gasteiger charge is 2.02. The van der Waals surface area contributed by atoms with Gasteiger partial charge in [0.2, 0.25) is 0 Å². The van der Waals surface area contributed by atoms with Crippen LogP contribution in [0.2, 0.25) is 0 Å². The quantitative estimate of drug-likeness (QED) is 0.633. The number of rotatable bonds is 1. The highest BCUT2D eigenvalue weighted by molar-refractivity contribution is 5.96. The number of aromatic amines is 1. The smallest absolute Gasteiger partial charge is 0.0565 e. The van der Waals surface area contributed by atoms with E-state index < -0.39 is 0 Å². The van der Waals surface area contributed by atoms with Crippen molar-refractivity contribution in [1.29, 1.82) is 0 Å². The maximum atomic E-state index is 3.98. The maximum Gasteiger partial charge on any atom is 0.0565 e. The van der Waals surface area contributed by atoms with Crippen molar-refractivity contribution in [3.63, 3.8) is 0 Å². The zero-order valence-corrected chi connectivity index (χ0v) is 8.14. The summed E-state index contributed by atoms with van der Waals surface area (Å²) >= 11 is 0. The lowest BCUT2D eigenvalue weighted by Crippen LogP contribution is -1.78. The average molecular weight is 194 g/mol. The molecule has 2 nitrogen and oxygen atoms in total. The molecule has 0 atom stereocenters. The van der Waals surface area contributed by atoms with Gasteiger partial charge in [-0.1, -0.05) is 42.5 Å². The Hall–Kier alpha value is -2.09. The highest BCUT2D eigenvalue weighted by atomic mass is 15.1. The van der Waals surface area contributed by atoms with Gasteiger partial charge < -0.3 is 0 Å². The minimum atomic E-state index is 1.13. The molecule has 2 aromatic carbocycles. The molecule has 0 unspecified atom stereocenters. The van der Waals surface area contributed by atoms with Crippen molar-refractivity contribution >= 4 is 10.8 Å². The lowest BCUT2D eigenvalue weighted by molar-refractivity contribution is 1.09.